The first-order valence-electron chi connectivity index (χ1n) is 9.43. The highest BCUT2D eigenvalue weighted by Gasteiger charge is 2.31. The Morgan fingerprint density at radius 3 is 2.86 bits per heavy atom. The zero-order valence-electron chi connectivity index (χ0n) is 15.3. The van der Waals surface area contributed by atoms with Gasteiger partial charge in [0.1, 0.15) is 12.1 Å². The van der Waals surface area contributed by atoms with Crippen LogP contribution in [0.5, 0.6) is 0 Å². The van der Waals surface area contributed by atoms with Crippen LogP contribution in [-0.4, -0.2) is 42.5 Å². The number of carbonyl (C=O) groups excluding carboxylic acids is 2. The van der Waals surface area contributed by atoms with E-state index in [9.17, 15) is 14.9 Å². The van der Waals surface area contributed by atoms with Gasteiger partial charge >= 0.3 is 0 Å². The van der Waals surface area contributed by atoms with Gasteiger partial charge in [-0.1, -0.05) is 0 Å². The Balaban J connectivity index is 1.38. The number of nitriles is 1. The minimum atomic E-state index is -0.436. The van der Waals surface area contributed by atoms with E-state index in [1.807, 2.05) is 4.90 Å². The van der Waals surface area contributed by atoms with Gasteiger partial charge < -0.3 is 24.4 Å². The molecule has 0 spiro atoms. The van der Waals surface area contributed by atoms with Crippen molar-refractivity contribution in [3.8, 4) is 17.7 Å². The fourth-order valence-corrected chi connectivity index (χ4v) is 3.65. The fraction of sp³-hybridized carbons (Fsp3) is 0.474. The van der Waals surface area contributed by atoms with Crippen LogP contribution in [0.4, 0.5) is 5.88 Å². The Morgan fingerprint density at radius 2 is 2.18 bits per heavy atom. The number of hydrogen-bond donors (Lipinski definition) is 2. The molecule has 9 nitrogen and oxygen atoms in total. The van der Waals surface area contributed by atoms with Crippen LogP contribution >= 0.6 is 0 Å². The Labute approximate surface area is 161 Å². The highest BCUT2D eigenvalue weighted by molar-refractivity contribution is 5.89. The third-order valence-corrected chi connectivity index (χ3v) is 5.20. The summed E-state index contributed by atoms with van der Waals surface area (Å²) in [7, 11) is 0. The second kappa shape index (κ2) is 7.76. The molecule has 4 heterocycles. The number of aromatic nitrogens is 1. The Bertz CT molecular complexity index is 890. The number of nitrogens with zero attached hydrogens (tertiary/aromatic N) is 3. The minimum absolute atomic E-state index is 0.0870. The number of nitrogens with one attached hydrogen (secondary N) is 2. The summed E-state index contributed by atoms with van der Waals surface area (Å²) in [6.45, 7) is 1.80. The quantitative estimate of drug-likeness (QED) is 0.818. The summed E-state index contributed by atoms with van der Waals surface area (Å²) in [5, 5.41) is 15.0. The molecule has 0 saturated carbocycles. The third-order valence-electron chi connectivity index (χ3n) is 5.20. The van der Waals surface area contributed by atoms with Gasteiger partial charge in [0, 0.05) is 25.6 Å². The minimum Gasteiger partial charge on any atom is -0.459 e. The molecule has 2 aromatic heterocycles. The standard InChI is InChI=1S/C19H21N5O4/c20-11-14-19(28-18(23-14)15-4-2-10-27-15)24-8-5-12(6-9-24)16(25)22-13-3-1-7-21-17(13)26/h2,4,10,12-13H,1,3,5-9H2,(H,21,26)(H,22,25). The molecular weight excluding hydrogens is 362 g/mol. The predicted octanol–water partition coefficient (Wildman–Crippen LogP) is 1.42. The number of furan rings is 1. The summed E-state index contributed by atoms with van der Waals surface area (Å²) in [5.74, 6) is 0.768. The van der Waals surface area contributed by atoms with E-state index in [0.717, 1.165) is 6.42 Å². The average molecular weight is 383 g/mol. The number of amides is 2. The first-order valence-corrected chi connectivity index (χ1v) is 9.43. The molecule has 146 valence electrons. The molecule has 2 amide bonds. The summed E-state index contributed by atoms with van der Waals surface area (Å²) in [6, 6.07) is 5.06. The molecule has 9 heteroatoms. The average Bonchev–Trinajstić information content (AvgIpc) is 3.39. The second-order valence-electron chi connectivity index (χ2n) is 7.02. The van der Waals surface area contributed by atoms with Gasteiger partial charge in [-0.3, -0.25) is 9.59 Å². The van der Waals surface area contributed by atoms with Crippen LogP contribution in [0.25, 0.3) is 11.7 Å². The molecule has 2 aliphatic heterocycles. The number of piperidine rings is 2. The van der Waals surface area contributed by atoms with Crippen molar-refractivity contribution < 1.29 is 18.4 Å². The van der Waals surface area contributed by atoms with Crippen molar-refractivity contribution in [2.75, 3.05) is 24.5 Å². The molecule has 4 rings (SSSR count). The Kier molecular flexibility index (Phi) is 5.02. The summed E-state index contributed by atoms with van der Waals surface area (Å²) >= 11 is 0. The van der Waals surface area contributed by atoms with Crippen LogP contribution in [0, 0.1) is 17.2 Å². The van der Waals surface area contributed by atoms with Gasteiger partial charge in [0.15, 0.2) is 5.76 Å². The van der Waals surface area contributed by atoms with E-state index in [1.165, 1.54) is 6.26 Å². The molecule has 0 radical (unpaired) electrons. The van der Waals surface area contributed by atoms with Crippen molar-refractivity contribution in [3.05, 3.63) is 24.1 Å². The summed E-state index contributed by atoms with van der Waals surface area (Å²) < 4.78 is 11.0. The topological polar surface area (TPSA) is 124 Å². The van der Waals surface area contributed by atoms with E-state index in [2.05, 4.69) is 21.7 Å². The maximum absolute atomic E-state index is 12.5. The van der Waals surface area contributed by atoms with Crippen LogP contribution in [0.2, 0.25) is 0 Å². The molecule has 1 unspecified atom stereocenters. The molecule has 0 aliphatic carbocycles. The van der Waals surface area contributed by atoms with Crippen molar-refractivity contribution in [1.29, 1.82) is 5.26 Å². The molecule has 2 N–H and O–H groups in total. The van der Waals surface area contributed by atoms with Gasteiger partial charge in [0.05, 0.1) is 6.26 Å². The maximum atomic E-state index is 12.5. The molecule has 28 heavy (non-hydrogen) atoms. The fourth-order valence-electron chi connectivity index (χ4n) is 3.65. The molecule has 2 fully saturated rings. The van der Waals surface area contributed by atoms with Crippen molar-refractivity contribution in [3.63, 3.8) is 0 Å². The van der Waals surface area contributed by atoms with Gasteiger partial charge in [0.25, 0.3) is 5.89 Å². The Morgan fingerprint density at radius 1 is 1.36 bits per heavy atom. The molecule has 2 saturated heterocycles. The van der Waals surface area contributed by atoms with Crippen molar-refractivity contribution in [1.82, 2.24) is 15.6 Å². The smallest absolute Gasteiger partial charge is 0.266 e. The lowest BCUT2D eigenvalue weighted by atomic mass is 9.95. The molecular formula is C19H21N5O4. The lowest BCUT2D eigenvalue weighted by molar-refractivity contribution is -0.132. The van der Waals surface area contributed by atoms with Crippen molar-refractivity contribution >= 4 is 17.7 Å². The van der Waals surface area contributed by atoms with Crippen molar-refractivity contribution in [2.45, 2.75) is 31.7 Å². The maximum Gasteiger partial charge on any atom is 0.266 e. The van der Waals surface area contributed by atoms with Gasteiger partial charge in [-0.2, -0.15) is 10.2 Å². The normalized spacial score (nSPS) is 20.5. The monoisotopic (exact) mass is 383 g/mol. The van der Waals surface area contributed by atoms with E-state index in [0.29, 0.717) is 50.5 Å². The number of oxazole rings is 1. The second-order valence-corrected chi connectivity index (χ2v) is 7.02. The van der Waals surface area contributed by atoms with Gasteiger partial charge in [0.2, 0.25) is 23.4 Å². The molecule has 2 aliphatic rings. The van der Waals surface area contributed by atoms with E-state index in [-0.39, 0.29) is 29.3 Å². The molecule has 2 aromatic rings. The van der Waals surface area contributed by atoms with Gasteiger partial charge in [-0.05, 0) is 37.8 Å². The summed E-state index contributed by atoms with van der Waals surface area (Å²) in [6.07, 6.45) is 4.29. The van der Waals surface area contributed by atoms with E-state index < -0.39 is 6.04 Å². The molecule has 0 aromatic carbocycles. The number of anilines is 1. The lowest BCUT2D eigenvalue weighted by Gasteiger charge is -2.32. The van der Waals surface area contributed by atoms with Gasteiger partial charge in [-0.25, -0.2) is 0 Å². The van der Waals surface area contributed by atoms with Crippen LogP contribution in [0.3, 0.4) is 0 Å². The van der Waals surface area contributed by atoms with E-state index in [4.69, 9.17) is 8.83 Å². The predicted molar refractivity (Wildman–Crippen MR) is 98.0 cm³/mol. The Hall–Kier alpha value is -3.28. The first-order chi connectivity index (χ1) is 13.7. The SMILES string of the molecule is N#Cc1nc(-c2ccco2)oc1N1CCC(C(=O)NC2CCCNC2=O)CC1. The van der Waals surface area contributed by atoms with E-state index >= 15 is 0 Å². The van der Waals surface area contributed by atoms with E-state index in [1.54, 1.807) is 12.1 Å². The van der Waals surface area contributed by atoms with Crippen LogP contribution in [0.1, 0.15) is 31.4 Å². The molecule has 1 atom stereocenters. The van der Waals surface area contributed by atoms with Crippen LogP contribution in [-0.2, 0) is 9.59 Å². The van der Waals surface area contributed by atoms with Crippen molar-refractivity contribution in [2.24, 2.45) is 5.92 Å². The number of carbonyl (C=O) groups is 2. The van der Waals surface area contributed by atoms with Gasteiger partial charge in [-0.15, -0.1) is 0 Å². The zero-order valence-corrected chi connectivity index (χ0v) is 15.3. The summed E-state index contributed by atoms with van der Waals surface area (Å²) in [4.78, 5) is 30.5. The zero-order chi connectivity index (χ0) is 19.5. The van der Waals surface area contributed by atoms with Crippen LogP contribution in [0.15, 0.2) is 27.2 Å². The first kappa shape index (κ1) is 18.1. The highest BCUT2D eigenvalue weighted by Crippen LogP contribution is 2.31. The summed E-state index contributed by atoms with van der Waals surface area (Å²) in [5.41, 5.74) is 0.202. The third kappa shape index (κ3) is 3.58. The lowest BCUT2D eigenvalue weighted by Crippen LogP contribution is -2.52. The molecule has 0 bridgehead atoms. The number of rotatable bonds is 4. The highest BCUT2D eigenvalue weighted by atomic mass is 16.4. The largest absolute Gasteiger partial charge is 0.459 e. The van der Waals surface area contributed by atoms with Crippen LogP contribution < -0.4 is 15.5 Å². The number of hydrogen-bond acceptors (Lipinski definition) is 7.